The third kappa shape index (κ3) is 3.45. The van der Waals surface area contributed by atoms with Gasteiger partial charge in [-0.2, -0.15) is 5.26 Å². The first-order valence-corrected chi connectivity index (χ1v) is 5.84. The minimum absolute atomic E-state index is 0.201. The fourth-order valence-corrected chi connectivity index (χ4v) is 2.04. The Kier molecular flexibility index (Phi) is 3.77. The van der Waals surface area contributed by atoms with Gasteiger partial charge < -0.3 is 4.90 Å². The molecule has 0 saturated carbocycles. The maximum absolute atomic E-state index is 9.22. The smallest absolute Gasteiger partial charge is 0.103 e. The van der Waals surface area contributed by atoms with E-state index in [1.54, 1.807) is 0 Å². The molecule has 0 fully saturated rings. The molecule has 1 aromatic heterocycles. The molecule has 1 rings (SSSR count). The maximum Gasteiger partial charge on any atom is 0.103 e. The van der Waals surface area contributed by atoms with Crippen molar-refractivity contribution in [2.24, 2.45) is 5.41 Å². The summed E-state index contributed by atoms with van der Waals surface area (Å²) in [6, 6.07) is 4.24. The Morgan fingerprint density at radius 3 is 2.41 bits per heavy atom. The molecule has 0 atom stereocenters. The van der Waals surface area contributed by atoms with Crippen LogP contribution >= 0.6 is 0 Å². The number of anilines is 1. The standard InChI is InChI=1S/C14H21N3/c1-10-7-13(12(8-15)11(2)16-10)17(6)9-14(3,4)5/h7H,9H2,1-6H3. The van der Waals surface area contributed by atoms with Gasteiger partial charge in [-0.25, -0.2) is 0 Å². The van der Waals surface area contributed by atoms with E-state index in [4.69, 9.17) is 0 Å². The van der Waals surface area contributed by atoms with Crippen molar-refractivity contribution < 1.29 is 0 Å². The molecule has 17 heavy (non-hydrogen) atoms. The van der Waals surface area contributed by atoms with E-state index in [0.29, 0.717) is 5.56 Å². The number of rotatable bonds is 2. The Morgan fingerprint density at radius 1 is 1.35 bits per heavy atom. The summed E-state index contributed by atoms with van der Waals surface area (Å²) in [6.07, 6.45) is 0. The van der Waals surface area contributed by atoms with Crippen molar-refractivity contribution >= 4 is 5.69 Å². The van der Waals surface area contributed by atoms with Crippen molar-refractivity contribution in [2.45, 2.75) is 34.6 Å². The van der Waals surface area contributed by atoms with Crippen molar-refractivity contribution in [2.75, 3.05) is 18.5 Å². The highest BCUT2D eigenvalue weighted by molar-refractivity contribution is 5.61. The van der Waals surface area contributed by atoms with Gasteiger partial charge >= 0.3 is 0 Å². The zero-order valence-corrected chi connectivity index (χ0v) is 11.6. The van der Waals surface area contributed by atoms with Gasteiger partial charge in [0, 0.05) is 19.3 Å². The van der Waals surface area contributed by atoms with E-state index in [9.17, 15) is 5.26 Å². The molecule has 0 spiro atoms. The molecule has 92 valence electrons. The Bertz CT molecular complexity index is 450. The van der Waals surface area contributed by atoms with Crippen LogP contribution in [0.3, 0.4) is 0 Å². The van der Waals surface area contributed by atoms with Gasteiger partial charge in [0.05, 0.1) is 16.9 Å². The molecule has 0 aliphatic heterocycles. The second kappa shape index (κ2) is 4.75. The summed E-state index contributed by atoms with van der Waals surface area (Å²) >= 11 is 0. The van der Waals surface area contributed by atoms with E-state index in [2.05, 4.69) is 36.7 Å². The van der Waals surface area contributed by atoms with E-state index < -0.39 is 0 Å². The van der Waals surface area contributed by atoms with Crippen molar-refractivity contribution in [3.8, 4) is 6.07 Å². The molecule has 1 aromatic rings. The third-order valence-electron chi connectivity index (χ3n) is 2.54. The zero-order valence-electron chi connectivity index (χ0n) is 11.6. The van der Waals surface area contributed by atoms with Crippen LogP contribution < -0.4 is 4.90 Å². The van der Waals surface area contributed by atoms with Gasteiger partial charge in [0.1, 0.15) is 6.07 Å². The predicted octanol–water partition coefficient (Wildman–Crippen LogP) is 3.05. The van der Waals surface area contributed by atoms with E-state index in [1.807, 2.05) is 27.0 Å². The molecule has 0 radical (unpaired) electrons. The molecular formula is C14H21N3. The van der Waals surface area contributed by atoms with Crippen LogP contribution in [0.5, 0.6) is 0 Å². The molecule has 0 aliphatic carbocycles. The first-order valence-electron chi connectivity index (χ1n) is 5.84. The summed E-state index contributed by atoms with van der Waals surface area (Å²) in [7, 11) is 2.03. The van der Waals surface area contributed by atoms with Gasteiger partial charge in [0.15, 0.2) is 0 Å². The normalized spacial score (nSPS) is 11.1. The second-order valence-electron chi connectivity index (χ2n) is 5.77. The Morgan fingerprint density at radius 2 is 1.94 bits per heavy atom. The fourth-order valence-electron chi connectivity index (χ4n) is 2.04. The van der Waals surface area contributed by atoms with Gasteiger partial charge in [-0.3, -0.25) is 4.98 Å². The Labute approximate surface area is 104 Å². The van der Waals surface area contributed by atoms with Gasteiger partial charge in [0.2, 0.25) is 0 Å². The molecule has 0 N–H and O–H groups in total. The van der Waals surface area contributed by atoms with Crippen LogP contribution in [0, 0.1) is 30.6 Å². The maximum atomic E-state index is 9.22. The molecule has 3 nitrogen and oxygen atoms in total. The lowest BCUT2D eigenvalue weighted by molar-refractivity contribution is 0.419. The summed E-state index contributed by atoms with van der Waals surface area (Å²) in [5, 5.41) is 9.22. The van der Waals surface area contributed by atoms with Crippen molar-refractivity contribution in [3.05, 3.63) is 23.0 Å². The molecule has 1 heterocycles. The van der Waals surface area contributed by atoms with Crippen molar-refractivity contribution in [3.63, 3.8) is 0 Å². The lowest BCUT2D eigenvalue weighted by Crippen LogP contribution is -2.30. The average molecular weight is 231 g/mol. The molecule has 0 unspecified atom stereocenters. The molecule has 0 saturated heterocycles. The molecule has 0 aliphatic rings. The second-order valence-corrected chi connectivity index (χ2v) is 5.77. The average Bonchev–Trinajstić information content (AvgIpc) is 2.13. The van der Waals surface area contributed by atoms with Crippen molar-refractivity contribution in [1.29, 1.82) is 5.26 Å². The van der Waals surface area contributed by atoms with Crippen molar-refractivity contribution in [1.82, 2.24) is 4.98 Å². The minimum Gasteiger partial charge on any atom is -0.373 e. The fraction of sp³-hybridized carbons (Fsp3) is 0.571. The van der Waals surface area contributed by atoms with Crippen LogP contribution in [0.15, 0.2) is 6.07 Å². The summed E-state index contributed by atoms with van der Waals surface area (Å²) in [6.45, 7) is 11.3. The zero-order chi connectivity index (χ0) is 13.2. The lowest BCUT2D eigenvalue weighted by Gasteiger charge is -2.29. The van der Waals surface area contributed by atoms with E-state index in [-0.39, 0.29) is 5.41 Å². The number of aromatic nitrogens is 1. The highest BCUT2D eigenvalue weighted by Crippen LogP contribution is 2.25. The minimum atomic E-state index is 0.201. The van der Waals surface area contributed by atoms with Crippen LogP contribution in [-0.2, 0) is 0 Å². The number of hydrogen-bond acceptors (Lipinski definition) is 3. The topological polar surface area (TPSA) is 39.9 Å². The molecule has 3 heteroatoms. The van der Waals surface area contributed by atoms with Gasteiger partial charge in [-0.15, -0.1) is 0 Å². The Hall–Kier alpha value is -1.56. The summed E-state index contributed by atoms with van der Waals surface area (Å²) < 4.78 is 0. The van der Waals surface area contributed by atoms with E-state index in [0.717, 1.165) is 23.6 Å². The van der Waals surface area contributed by atoms with E-state index in [1.165, 1.54) is 0 Å². The van der Waals surface area contributed by atoms with Gasteiger partial charge in [-0.1, -0.05) is 20.8 Å². The summed E-state index contributed by atoms with van der Waals surface area (Å²) in [5.74, 6) is 0. The predicted molar refractivity (Wildman–Crippen MR) is 71.2 cm³/mol. The van der Waals surface area contributed by atoms with Crippen LogP contribution in [0.2, 0.25) is 0 Å². The first kappa shape index (κ1) is 13.5. The van der Waals surface area contributed by atoms with E-state index >= 15 is 0 Å². The monoisotopic (exact) mass is 231 g/mol. The van der Waals surface area contributed by atoms with Crippen LogP contribution in [-0.4, -0.2) is 18.6 Å². The molecule has 0 aromatic carbocycles. The molecule has 0 bridgehead atoms. The molecule has 0 amide bonds. The van der Waals surface area contributed by atoms with Crippen LogP contribution in [0.1, 0.15) is 37.7 Å². The highest BCUT2D eigenvalue weighted by atomic mass is 15.1. The first-order chi connectivity index (χ1) is 7.74. The van der Waals surface area contributed by atoms with Crippen LogP contribution in [0.25, 0.3) is 0 Å². The summed E-state index contributed by atoms with van der Waals surface area (Å²) in [5.41, 5.74) is 3.63. The van der Waals surface area contributed by atoms with Gasteiger partial charge in [0.25, 0.3) is 0 Å². The summed E-state index contributed by atoms with van der Waals surface area (Å²) in [4.78, 5) is 6.47. The van der Waals surface area contributed by atoms with Gasteiger partial charge in [-0.05, 0) is 25.3 Å². The highest BCUT2D eigenvalue weighted by Gasteiger charge is 2.17. The third-order valence-corrected chi connectivity index (χ3v) is 2.54. The lowest BCUT2D eigenvalue weighted by atomic mass is 9.95. The number of pyridine rings is 1. The van der Waals surface area contributed by atoms with Crippen LogP contribution in [0.4, 0.5) is 5.69 Å². The number of nitriles is 1. The largest absolute Gasteiger partial charge is 0.373 e. The SMILES string of the molecule is Cc1cc(N(C)CC(C)(C)C)c(C#N)c(C)n1. The Balaban J connectivity index is 3.17. The number of aryl methyl sites for hydroxylation is 2. The quantitative estimate of drug-likeness (QED) is 0.785. The number of nitrogens with zero attached hydrogens (tertiary/aromatic N) is 3. The number of hydrogen-bond donors (Lipinski definition) is 0. The molecular weight excluding hydrogens is 210 g/mol.